The molecule has 0 heterocycles. The van der Waals surface area contributed by atoms with Gasteiger partial charge in [-0.25, -0.2) is 8.78 Å². The SMILES string of the molecule is CC(C)/C=C/C(F)F. The molecule has 0 rings (SSSR count). The Morgan fingerprint density at radius 3 is 1.75 bits per heavy atom. The monoisotopic (exact) mass is 120 g/mol. The molecule has 0 aromatic rings. The molecule has 0 atom stereocenters. The Morgan fingerprint density at radius 2 is 1.62 bits per heavy atom. The second-order valence-corrected chi connectivity index (χ2v) is 1.96. The van der Waals surface area contributed by atoms with E-state index >= 15 is 0 Å². The highest BCUT2D eigenvalue weighted by Crippen LogP contribution is 1.98. The Balaban J connectivity index is 3.34. The molecule has 0 aromatic heterocycles. The lowest BCUT2D eigenvalue weighted by Gasteiger charge is -1.91. The summed E-state index contributed by atoms with van der Waals surface area (Å²) >= 11 is 0. The molecular formula is C6H10F2. The summed E-state index contributed by atoms with van der Waals surface area (Å²) in [4.78, 5) is 0. The number of hydrogen-bond acceptors (Lipinski definition) is 0. The summed E-state index contributed by atoms with van der Waals surface area (Å²) < 4.78 is 22.6. The third kappa shape index (κ3) is 5.60. The first-order valence-electron chi connectivity index (χ1n) is 2.59. The van der Waals surface area contributed by atoms with Gasteiger partial charge in [0.1, 0.15) is 0 Å². The third-order valence-electron chi connectivity index (χ3n) is 0.641. The molecule has 0 saturated heterocycles. The van der Waals surface area contributed by atoms with Crippen molar-refractivity contribution in [3.63, 3.8) is 0 Å². The first-order valence-corrected chi connectivity index (χ1v) is 2.59. The Bertz CT molecular complexity index is 64.6. The van der Waals surface area contributed by atoms with Crippen LogP contribution in [-0.2, 0) is 0 Å². The van der Waals surface area contributed by atoms with Crippen molar-refractivity contribution in [2.75, 3.05) is 0 Å². The van der Waals surface area contributed by atoms with Crippen LogP contribution in [0.15, 0.2) is 12.2 Å². The van der Waals surface area contributed by atoms with E-state index in [1.165, 1.54) is 6.08 Å². The summed E-state index contributed by atoms with van der Waals surface area (Å²) in [6, 6.07) is 0. The molecule has 0 aromatic carbocycles. The predicted molar refractivity (Wildman–Crippen MR) is 30.0 cm³/mol. The van der Waals surface area contributed by atoms with Crippen LogP contribution in [0.1, 0.15) is 13.8 Å². The maximum atomic E-state index is 11.3. The summed E-state index contributed by atoms with van der Waals surface area (Å²) in [5.74, 6) is 0.226. The van der Waals surface area contributed by atoms with E-state index in [9.17, 15) is 8.78 Å². The molecule has 0 aliphatic rings. The van der Waals surface area contributed by atoms with Crippen LogP contribution in [0.25, 0.3) is 0 Å². The molecule has 8 heavy (non-hydrogen) atoms. The lowest BCUT2D eigenvalue weighted by atomic mass is 10.2. The zero-order valence-electron chi connectivity index (χ0n) is 5.07. The zero-order valence-corrected chi connectivity index (χ0v) is 5.07. The number of halogens is 2. The minimum absolute atomic E-state index is 0.226. The van der Waals surface area contributed by atoms with Crippen LogP contribution >= 0.6 is 0 Å². The molecule has 0 radical (unpaired) electrons. The minimum Gasteiger partial charge on any atom is -0.206 e. The second kappa shape index (κ2) is 3.58. The van der Waals surface area contributed by atoms with Gasteiger partial charge in [0.05, 0.1) is 0 Å². The van der Waals surface area contributed by atoms with E-state index < -0.39 is 6.43 Å². The second-order valence-electron chi connectivity index (χ2n) is 1.96. The quantitative estimate of drug-likeness (QED) is 0.491. The average Bonchev–Trinajstić information content (AvgIpc) is 1.61. The van der Waals surface area contributed by atoms with Gasteiger partial charge in [-0.2, -0.15) is 0 Å². The topological polar surface area (TPSA) is 0 Å². The van der Waals surface area contributed by atoms with E-state index in [0.717, 1.165) is 6.08 Å². The van der Waals surface area contributed by atoms with Gasteiger partial charge >= 0.3 is 0 Å². The van der Waals surface area contributed by atoms with Crippen molar-refractivity contribution < 1.29 is 8.78 Å². The standard InChI is InChI=1S/C6H10F2/c1-5(2)3-4-6(7)8/h3-6H,1-2H3/b4-3+. The first kappa shape index (κ1) is 7.60. The predicted octanol–water partition coefficient (Wildman–Crippen LogP) is 2.46. The van der Waals surface area contributed by atoms with Gasteiger partial charge in [-0.05, 0) is 12.0 Å². The van der Waals surface area contributed by atoms with Crippen molar-refractivity contribution >= 4 is 0 Å². The van der Waals surface area contributed by atoms with Gasteiger partial charge in [0.15, 0.2) is 0 Å². The maximum absolute atomic E-state index is 11.3. The van der Waals surface area contributed by atoms with E-state index in [0.29, 0.717) is 0 Å². The number of hydrogen-bond donors (Lipinski definition) is 0. The lowest BCUT2D eigenvalue weighted by molar-refractivity contribution is 0.203. The molecule has 0 N–H and O–H groups in total. The van der Waals surface area contributed by atoms with Crippen LogP contribution in [0.4, 0.5) is 8.78 Å². The van der Waals surface area contributed by atoms with Crippen LogP contribution in [0.5, 0.6) is 0 Å². The Morgan fingerprint density at radius 1 is 1.12 bits per heavy atom. The van der Waals surface area contributed by atoms with E-state index in [1.807, 2.05) is 13.8 Å². The number of rotatable bonds is 2. The van der Waals surface area contributed by atoms with Gasteiger partial charge in [0.25, 0.3) is 6.43 Å². The number of alkyl halides is 2. The fourth-order valence-corrected chi connectivity index (χ4v) is 0.306. The largest absolute Gasteiger partial charge is 0.257 e. The van der Waals surface area contributed by atoms with Gasteiger partial charge in [-0.1, -0.05) is 19.9 Å². The van der Waals surface area contributed by atoms with Crippen molar-refractivity contribution in [2.45, 2.75) is 20.3 Å². The van der Waals surface area contributed by atoms with Crippen molar-refractivity contribution in [3.8, 4) is 0 Å². The van der Waals surface area contributed by atoms with Crippen LogP contribution < -0.4 is 0 Å². The number of allylic oxidation sites excluding steroid dienone is 2. The lowest BCUT2D eigenvalue weighted by Crippen LogP contribution is -1.83. The van der Waals surface area contributed by atoms with Crippen LogP contribution in [0, 0.1) is 5.92 Å². The van der Waals surface area contributed by atoms with E-state index in [1.54, 1.807) is 0 Å². The summed E-state index contributed by atoms with van der Waals surface area (Å²) in [5.41, 5.74) is 0. The Kier molecular flexibility index (Phi) is 3.40. The fraction of sp³-hybridized carbons (Fsp3) is 0.667. The van der Waals surface area contributed by atoms with E-state index in [4.69, 9.17) is 0 Å². The van der Waals surface area contributed by atoms with Gasteiger partial charge < -0.3 is 0 Å². The summed E-state index contributed by atoms with van der Waals surface area (Å²) in [5, 5.41) is 0. The molecule has 0 amide bonds. The highest BCUT2D eigenvalue weighted by atomic mass is 19.3. The van der Waals surface area contributed by atoms with Crippen LogP contribution in [0.2, 0.25) is 0 Å². The normalized spacial score (nSPS) is 12.2. The minimum atomic E-state index is -2.29. The molecule has 48 valence electrons. The maximum Gasteiger partial charge on any atom is 0.257 e. The first-order chi connectivity index (χ1) is 3.63. The molecule has 0 unspecified atom stereocenters. The molecule has 0 bridgehead atoms. The molecule has 2 heteroatoms. The highest BCUT2D eigenvalue weighted by Gasteiger charge is 1.92. The van der Waals surface area contributed by atoms with Gasteiger partial charge in [-0.15, -0.1) is 0 Å². The molecular weight excluding hydrogens is 110 g/mol. The average molecular weight is 120 g/mol. The van der Waals surface area contributed by atoms with Crippen molar-refractivity contribution in [1.82, 2.24) is 0 Å². The summed E-state index contributed by atoms with van der Waals surface area (Å²) in [7, 11) is 0. The molecule has 0 nitrogen and oxygen atoms in total. The summed E-state index contributed by atoms with van der Waals surface area (Å²) in [6.45, 7) is 3.72. The molecule has 0 saturated carbocycles. The molecule has 0 spiro atoms. The fourth-order valence-electron chi connectivity index (χ4n) is 0.306. The van der Waals surface area contributed by atoms with E-state index in [2.05, 4.69) is 0 Å². The van der Waals surface area contributed by atoms with Gasteiger partial charge in [0, 0.05) is 0 Å². The highest BCUT2D eigenvalue weighted by molar-refractivity contribution is 4.86. The smallest absolute Gasteiger partial charge is 0.206 e. The van der Waals surface area contributed by atoms with Crippen molar-refractivity contribution in [3.05, 3.63) is 12.2 Å². The molecule has 0 aliphatic heterocycles. The van der Waals surface area contributed by atoms with Crippen molar-refractivity contribution in [2.24, 2.45) is 5.92 Å². The van der Waals surface area contributed by atoms with Gasteiger partial charge in [-0.3, -0.25) is 0 Å². The molecule has 0 fully saturated rings. The van der Waals surface area contributed by atoms with Gasteiger partial charge in [0.2, 0.25) is 0 Å². The van der Waals surface area contributed by atoms with Crippen molar-refractivity contribution in [1.29, 1.82) is 0 Å². The third-order valence-corrected chi connectivity index (χ3v) is 0.641. The van der Waals surface area contributed by atoms with Crippen LogP contribution in [-0.4, -0.2) is 6.43 Å². The van der Waals surface area contributed by atoms with Crippen LogP contribution in [0.3, 0.4) is 0 Å². The zero-order chi connectivity index (χ0) is 6.57. The summed E-state index contributed by atoms with van der Waals surface area (Å²) in [6.07, 6.45) is 0.104. The Labute approximate surface area is 48.2 Å². The Hall–Kier alpha value is -0.400. The molecule has 0 aliphatic carbocycles. The van der Waals surface area contributed by atoms with E-state index in [-0.39, 0.29) is 5.92 Å².